The van der Waals surface area contributed by atoms with E-state index in [0.29, 0.717) is 35.7 Å². The van der Waals surface area contributed by atoms with Crippen molar-refractivity contribution in [3.05, 3.63) is 48.5 Å². The molecule has 0 unspecified atom stereocenters. The molecule has 2 heterocycles. The number of halogens is 1. The summed E-state index contributed by atoms with van der Waals surface area (Å²) in [5.41, 5.74) is 1.46. The lowest BCUT2D eigenvalue weighted by Gasteiger charge is -2.19. The van der Waals surface area contributed by atoms with Gasteiger partial charge < -0.3 is 14.8 Å². The predicted octanol–water partition coefficient (Wildman–Crippen LogP) is 3.28. The molecule has 0 saturated carbocycles. The molecule has 3 aromatic rings. The number of rotatable bonds is 2. The minimum Gasteiger partial charge on any atom is -0.486 e. The molecule has 5 nitrogen and oxygen atoms in total. The van der Waals surface area contributed by atoms with Crippen LogP contribution in [-0.4, -0.2) is 23.2 Å². The maximum absolute atomic E-state index is 13.5. The van der Waals surface area contributed by atoms with E-state index in [-0.39, 0.29) is 5.82 Å². The molecule has 0 fully saturated rings. The number of ether oxygens (including phenoxy) is 2. The van der Waals surface area contributed by atoms with Crippen LogP contribution in [0.15, 0.2) is 42.7 Å². The van der Waals surface area contributed by atoms with Crippen LogP contribution < -0.4 is 14.8 Å². The molecule has 1 aliphatic heterocycles. The van der Waals surface area contributed by atoms with Crippen molar-refractivity contribution in [1.82, 2.24) is 9.97 Å². The highest BCUT2D eigenvalue weighted by Crippen LogP contribution is 2.34. The van der Waals surface area contributed by atoms with Gasteiger partial charge in [0.1, 0.15) is 31.2 Å². The Bertz CT molecular complexity index is 854. The lowest BCUT2D eigenvalue weighted by atomic mass is 10.2. The zero-order valence-electron chi connectivity index (χ0n) is 11.5. The van der Waals surface area contributed by atoms with E-state index in [1.54, 1.807) is 6.07 Å². The number of hydrogen-bond donors (Lipinski definition) is 1. The third kappa shape index (κ3) is 2.28. The molecule has 1 N–H and O–H groups in total. The first kappa shape index (κ1) is 12.8. The first-order valence-electron chi connectivity index (χ1n) is 6.86. The van der Waals surface area contributed by atoms with Gasteiger partial charge in [0.25, 0.3) is 0 Å². The summed E-state index contributed by atoms with van der Waals surface area (Å²) in [5.74, 6) is 1.62. The number of nitrogens with one attached hydrogen (secondary N) is 1. The van der Waals surface area contributed by atoms with Crippen LogP contribution in [-0.2, 0) is 0 Å². The van der Waals surface area contributed by atoms with Crippen LogP contribution >= 0.6 is 0 Å². The third-order valence-electron chi connectivity index (χ3n) is 3.40. The number of aromatic nitrogens is 2. The Hall–Kier alpha value is -2.89. The molecule has 6 heteroatoms. The largest absolute Gasteiger partial charge is 0.486 e. The molecule has 0 spiro atoms. The van der Waals surface area contributed by atoms with Gasteiger partial charge in [0.15, 0.2) is 11.5 Å². The standard InChI is InChI=1S/C16H12FN3O2/c17-10-1-3-13-12(7-10)16(19-9-18-13)20-11-2-4-14-15(8-11)22-6-5-21-14/h1-4,7-9H,5-6H2,(H,18,19,20). The van der Waals surface area contributed by atoms with Crippen molar-refractivity contribution in [2.75, 3.05) is 18.5 Å². The van der Waals surface area contributed by atoms with E-state index in [2.05, 4.69) is 15.3 Å². The third-order valence-corrected chi connectivity index (χ3v) is 3.40. The second-order valence-corrected chi connectivity index (χ2v) is 4.87. The van der Waals surface area contributed by atoms with Gasteiger partial charge in [0, 0.05) is 17.1 Å². The molecule has 1 aliphatic rings. The second kappa shape index (κ2) is 5.14. The van der Waals surface area contributed by atoms with Crippen molar-refractivity contribution in [2.24, 2.45) is 0 Å². The van der Waals surface area contributed by atoms with Gasteiger partial charge in [-0.05, 0) is 30.3 Å². The van der Waals surface area contributed by atoms with E-state index in [1.165, 1.54) is 18.5 Å². The van der Waals surface area contributed by atoms with Crippen molar-refractivity contribution < 1.29 is 13.9 Å². The number of hydrogen-bond acceptors (Lipinski definition) is 5. The van der Waals surface area contributed by atoms with Gasteiger partial charge in [0.2, 0.25) is 0 Å². The Labute approximate surface area is 125 Å². The maximum Gasteiger partial charge on any atom is 0.163 e. The molecule has 2 aromatic carbocycles. The van der Waals surface area contributed by atoms with Crippen molar-refractivity contribution >= 4 is 22.4 Å². The molecule has 1 aromatic heterocycles. The second-order valence-electron chi connectivity index (χ2n) is 4.87. The fourth-order valence-electron chi connectivity index (χ4n) is 2.39. The molecular weight excluding hydrogens is 285 g/mol. The smallest absolute Gasteiger partial charge is 0.163 e. The van der Waals surface area contributed by atoms with Crippen molar-refractivity contribution in [3.63, 3.8) is 0 Å². The molecule has 0 bridgehead atoms. The fourth-order valence-corrected chi connectivity index (χ4v) is 2.39. The van der Waals surface area contributed by atoms with Crippen LogP contribution in [0.5, 0.6) is 11.5 Å². The summed E-state index contributed by atoms with van der Waals surface area (Å²) in [4.78, 5) is 8.33. The Balaban J connectivity index is 1.73. The van der Waals surface area contributed by atoms with E-state index < -0.39 is 0 Å². The highest BCUT2D eigenvalue weighted by atomic mass is 19.1. The summed E-state index contributed by atoms with van der Waals surface area (Å²) in [7, 11) is 0. The zero-order valence-corrected chi connectivity index (χ0v) is 11.5. The van der Waals surface area contributed by atoms with E-state index in [9.17, 15) is 4.39 Å². The Morgan fingerprint density at radius 3 is 2.73 bits per heavy atom. The van der Waals surface area contributed by atoms with Crippen LogP contribution in [0.1, 0.15) is 0 Å². The molecular formula is C16H12FN3O2. The van der Waals surface area contributed by atoms with Crippen molar-refractivity contribution in [1.29, 1.82) is 0 Å². The average molecular weight is 297 g/mol. The lowest BCUT2D eigenvalue weighted by Crippen LogP contribution is -2.15. The molecule has 110 valence electrons. The molecule has 4 rings (SSSR count). The monoisotopic (exact) mass is 297 g/mol. The fraction of sp³-hybridized carbons (Fsp3) is 0.125. The quantitative estimate of drug-likeness (QED) is 0.786. The van der Waals surface area contributed by atoms with Gasteiger partial charge in [-0.25, -0.2) is 14.4 Å². The molecule has 0 atom stereocenters. The average Bonchev–Trinajstić information content (AvgIpc) is 2.55. The first-order valence-corrected chi connectivity index (χ1v) is 6.86. The topological polar surface area (TPSA) is 56.3 Å². The summed E-state index contributed by atoms with van der Waals surface area (Å²) in [6.45, 7) is 1.08. The number of anilines is 2. The summed E-state index contributed by atoms with van der Waals surface area (Å²) >= 11 is 0. The molecule has 22 heavy (non-hydrogen) atoms. The van der Waals surface area contributed by atoms with Gasteiger partial charge in [-0.3, -0.25) is 0 Å². The van der Waals surface area contributed by atoms with Crippen LogP contribution in [0.25, 0.3) is 10.9 Å². The minimum absolute atomic E-state index is 0.326. The SMILES string of the molecule is Fc1ccc2ncnc(Nc3ccc4c(c3)OCCO4)c2c1. The van der Waals surface area contributed by atoms with Gasteiger partial charge >= 0.3 is 0 Å². The summed E-state index contributed by atoms with van der Waals surface area (Å²) in [6, 6.07) is 9.95. The number of benzene rings is 2. The molecule has 0 saturated heterocycles. The van der Waals surface area contributed by atoms with Crippen LogP contribution in [0.4, 0.5) is 15.9 Å². The Morgan fingerprint density at radius 1 is 0.955 bits per heavy atom. The van der Waals surface area contributed by atoms with E-state index in [0.717, 1.165) is 11.4 Å². The normalized spacial score (nSPS) is 13.1. The predicted molar refractivity (Wildman–Crippen MR) is 80.2 cm³/mol. The van der Waals surface area contributed by atoms with E-state index >= 15 is 0 Å². The summed E-state index contributed by atoms with van der Waals surface area (Å²) < 4.78 is 24.5. The summed E-state index contributed by atoms with van der Waals surface area (Å²) in [6.07, 6.45) is 1.45. The molecule has 0 radical (unpaired) electrons. The van der Waals surface area contributed by atoms with Gasteiger partial charge in [-0.1, -0.05) is 0 Å². The van der Waals surface area contributed by atoms with Crippen LogP contribution in [0.3, 0.4) is 0 Å². The Kier molecular flexibility index (Phi) is 3.00. The van der Waals surface area contributed by atoms with Crippen LogP contribution in [0.2, 0.25) is 0 Å². The lowest BCUT2D eigenvalue weighted by molar-refractivity contribution is 0.171. The highest BCUT2D eigenvalue weighted by molar-refractivity contribution is 5.90. The molecule has 0 aliphatic carbocycles. The highest BCUT2D eigenvalue weighted by Gasteiger charge is 2.12. The maximum atomic E-state index is 13.5. The first-order chi connectivity index (χ1) is 10.8. The van der Waals surface area contributed by atoms with Gasteiger partial charge in [-0.15, -0.1) is 0 Å². The van der Waals surface area contributed by atoms with E-state index in [4.69, 9.17) is 9.47 Å². The Morgan fingerprint density at radius 2 is 1.82 bits per heavy atom. The van der Waals surface area contributed by atoms with Gasteiger partial charge in [0.05, 0.1) is 5.52 Å². The van der Waals surface area contributed by atoms with Crippen molar-refractivity contribution in [3.8, 4) is 11.5 Å². The number of nitrogens with zero attached hydrogens (tertiary/aromatic N) is 2. The minimum atomic E-state index is -0.326. The van der Waals surface area contributed by atoms with Crippen molar-refractivity contribution in [2.45, 2.75) is 0 Å². The number of fused-ring (bicyclic) bond motifs is 2. The van der Waals surface area contributed by atoms with E-state index in [1.807, 2.05) is 18.2 Å². The zero-order chi connectivity index (χ0) is 14.9. The van der Waals surface area contributed by atoms with Gasteiger partial charge in [-0.2, -0.15) is 0 Å². The summed E-state index contributed by atoms with van der Waals surface area (Å²) in [5, 5.41) is 3.79. The molecule has 0 amide bonds. The van der Waals surface area contributed by atoms with Crippen LogP contribution in [0, 0.1) is 5.82 Å².